The fourth-order valence-corrected chi connectivity index (χ4v) is 2.49. The Morgan fingerprint density at radius 3 is 2.94 bits per heavy atom. The lowest BCUT2D eigenvalue weighted by Crippen LogP contribution is -2.36. The zero-order chi connectivity index (χ0) is 12.3. The van der Waals surface area contributed by atoms with E-state index in [9.17, 15) is 0 Å². The number of hydrazine groups is 1. The second-order valence-corrected chi connectivity index (χ2v) is 4.45. The van der Waals surface area contributed by atoms with Gasteiger partial charge in [-0.2, -0.15) is 0 Å². The van der Waals surface area contributed by atoms with Crippen molar-refractivity contribution >= 4 is 0 Å². The van der Waals surface area contributed by atoms with Crippen molar-refractivity contribution in [3.05, 3.63) is 29.8 Å². The van der Waals surface area contributed by atoms with E-state index in [1.807, 2.05) is 18.2 Å². The largest absolute Gasteiger partial charge is 0.497 e. The quantitative estimate of drug-likeness (QED) is 0.616. The van der Waals surface area contributed by atoms with Crippen LogP contribution >= 0.6 is 0 Å². The predicted molar refractivity (Wildman–Crippen MR) is 66.6 cm³/mol. The van der Waals surface area contributed by atoms with E-state index < -0.39 is 0 Å². The highest BCUT2D eigenvalue weighted by molar-refractivity contribution is 5.31. The Labute approximate surface area is 102 Å². The molecule has 1 fully saturated rings. The zero-order valence-electron chi connectivity index (χ0n) is 10.3. The van der Waals surface area contributed by atoms with Crippen molar-refractivity contribution in [2.45, 2.75) is 25.5 Å². The lowest BCUT2D eigenvalue weighted by Gasteiger charge is -2.25. The van der Waals surface area contributed by atoms with Gasteiger partial charge in [0.1, 0.15) is 5.75 Å². The normalized spacial score (nSPS) is 25.8. The Morgan fingerprint density at radius 1 is 1.53 bits per heavy atom. The maximum absolute atomic E-state index is 5.69. The van der Waals surface area contributed by atoms with Gasteiger partial charge in [-0.05, 0) is 31.0 Å². The molecule has 1 aromatic rings. The lowest BCUT2D eigenvalue weighted by molar-refractivity contribution is 0.0953. The number of rotatable bonds is 4. The van der Waals surface area contributed by atoms with Crippen LogP contribution in [-0.2, 0) is 4.74 Å². The molecule has 3 unspecified atom stereocenters. The highest BCUT2D eigenvalue weighted by Gasteiger charge is 2.32. The summed E-state index contributed by atoms with van der Waals surface area (Å²) in [6.07, 6.45) is 1.27. The first-order valence-corrected chi connectivity index (χ1v) is 5.98. The second-order valence-electron chi connectivity index (χ2n) is 4.45. The molecule has 0 spiro atoms. The molecule has 17 heavy (non-hydrogen) atoms. The van der Waals surface area contributed by atoms with Gasteiger partial charge in [-0.1, -0.05) is 12.1 Å². The molecule has 0 radical (unpaired) electrons. The number of hydrogen-bond acceptors (Lipinski definition) is 4. The molecule has 4 heteroatoms. The van der Waals surface area contributed by atoms with Gasteiger partial charge in [0.15, 0.2) is 0 Å². The summed E-state index contributed by atoms with van der Waals surface area (Å²) in [6.45, 7) is 2.91. The summed E-state index contributed by atoms with van der Waals surface area (Å²) in [6, 6.07) is 8.13. The topological polar surface area (TPSA) is 56.5 Å². The van der Waals surface area contributed by atoms with Crippen molar-refractivity contribution in [1.82, 2.24) is 5.43 Å². The van der Waals surface area contributed by atoms with Gasteiger partial charge < -0.3 is 9.47 Å². The number of nitrogens with two attached hydrogens (primary N) is 1. The van der Waals surface area contributed by atoms with E-state index in [0.29, 0.717) is 5.92 Å². The zero-order valence-corrected chi connectivity index (χ0v) is 10.3. The number of methoxy groups -OCH3 is 1. The van der Waals surface area contributed by atoms with Crippen LogP contribution in [0.4, 0.5) is 0 Å². The summed E-state index contributed by atoms with van der Waals surface area (Å²) in [5, 5.41) is 0. The molecular weight excluding hydrogens is 216 g/mol. The van der Waals surface area contributed by atoms with Crippen molar-refractivity contribution in [2.24, 2.45) is 11.8 Å². The average Bonchev–Trinajstić information content (AvgIpc) is 2.77. The highest BCUT2D eigenvalue weighted by atomic mass is 16.5. The van der Waals surface area contributed by atoms with Crippen molar-refractivity contribution in [3.63, 3.8) is 0 Å². The minimum absolute atomic E-state index is 0.114. The molecule has 0 bridgehead atoms. The molecule has 1 heterocycles. The van der Waals surface area contributed by atoms with Gasteiger partial charge in [-0.3, -0.25) is 11.3 Å². The van der Waals surface area contributed by atoms with Crippen molar-refractivity contribution in [3.8, 4) is 5.75 Å². The third-order valence-corrected chi connectivity index (χ3v) is 3.50. The summed E-state index contributed by atoms with van der Waals surface area (Å²) in [7, 11) is 1.67. The van der Waals surface area contributed by atoms with Crippen LogP contribution in [0, 0.1) is 5.92 Å². The third-order valence-electron chi connectivity index (χ3n) is 3.50. The molecule has 2 rings (SSSR count). The van der Waals surface area contributed by atoms with Gasteiger partial charge in [0.05, 0.1) is 19.3 Å². The van der Waals surface area contributed by atoms with Gasteiger partial charge >= 0.3 is 0 Å². The van der Waals surface area contributed by atoms with Gasteiger partial charge in [-0.15, -0.1) is 0 Å². The van der Waals surface area contributed by atoms with E-state index in [0.717, 1.165) is 24.3 Å². The number of hydrogen-bond donors (Lipinski definition) is 2. The first kappa shape index (κ1) is 12.4. The molecule has 4 nitrogen and oxygen atoms in total. The smallest absolute Gasteiger partial charge is 0.119 e. The number of nitrogens with one attached hydrogen (secondary N) is 1. The van der Waals surface area contributed by atoms with Crippen LogP contribution in [0.5, 0.6) is 5.75 Å². The maximum Gasteiger partial charge on any atom is 0.119 e. The Bertz CT molecular complexity index is 370. The number of benzene rings is 1. The van der Waals surface area contributed by atoms with Gasteiger partial charge in [0.2, 0.25) is 0 Å². The van der Waals surface area contributed by atoms with Gasteiger partial charge in [0, 0.05) is 12.5 Å². The van der Waals surface area contributed by atoms with E-state index in [-0.39, 0.29) is 12.1 Å². The molecule has 0 aromatic heterocycles. The van der Waals surface area contributed by atoms with Crippen LogP contribution in [0.2, 0.25) is 0 Å². The van der Waals surface area contributed by atoms with Crippen molar-refractivity contribution < 1.29 is 9.47 Å². The van der Waals surface area contributed by atoms with E-state index in [1.165, 1.54) is 0 Å². The molecular formula is C13H20N2O2. The van der Waals surface area contributed by atoms with Crippen LogP contribution in [0.25, 0.3) is 0 Å². The minimum atomic E-state index is 0.114. The summed E-state index contributed by atoms with van der Waals surface area (Å²) >= 11 is 0. The van der Waals surface area contributed by atoms with Crippen molar-refractivity contribution in [2.75, 3.05) is 13.7 Å². The van der Waals surface area contributed by atoms with E-state index >= 15 is 0 Å². The Balaban J connectivity index is 2.21. The molecule has 1 aromatic carbocycles. The summed E-state index contributed by atoms with van der Waals surface area (Å²) in [4.78, 5) is 0. The molecule has 3 N–H and O–H groups in total. The lowest BCUT2D eigenvalue weighted by atomic mass is 9.89. The molecule has 1 aliphatic rings. The van der Waals surface area contributed by atoms with Crippen LogP contribution < -0.4 is 16.0 Å². The minimum Gasteiger partial charge on any atom is -0.497 e. The fraction of sp³-hybridized carbons (Fsp3) is 0.538. The van der Waals surface area contributed by atoms with E-state index in [2.05, 4.69) is 18.4 Å². The first-order chi connectivity index (χ1) is 8.26. The molecule has 94 valence electrons. The molecule has 0 aliphatic carbocycles. The summed E-state index contributed by atoms with van der Waals surface area (Å²) in [5.41, 5.74) is 4.05. The fourth-order valence-electron chi connectivity index (χ4n) is 2.49. The van der Waals surface area contributed by atoms with Gasteiger partial charge in [0.25, 0.3) is 0 Å². The number of ether oxygens (including phenoxy) is 2. The molecule has 0 amide bonds. The molecule has 3 atom stereocenters. The standard InChI is InChI=1S/C13H20N2O2/c1-9-12(6-7-17-9)13(15-14)10-4-3-5-11(8-10)16-2/h3-5,8-9,12-13,15H,6-7,14H2,1-2H3. The van der Waals surface area contributed by atoms with Crippen LogP contribution in [0.15, 0.2) is 24.3 Å². The summed E-state index contributed by atoms with van der Waals surface area (Å²) < 4.78 is 10.8. The predicted octanol–water partition coefficient (Wildman–Crippen LogP) is 1.62. The van der Waals surface area contributed by atoms with Crippen LogP contribution in [-0.4, -0.2) is 19.8 Å². The Kier molecular flexibility index (Phi) is 3.99. The monoisotopic (exact) mass is 236 g/mol. The molecule has 0 saturated carbocycles. The average molecular weight is 236 g/mol. The first-order valence-electron chi connectivity index (χ1n) is 5.98. The van der Waals surface area contributed by atoms with E-state index in [4.69, 9.17) is 15.3 Å². The Hall–Kier alpha value is -1.10. The van der Waals surface area contributed by atoms with E-state index in [1.54, 1.807) is 7.11 Å². The summed E-state index contributed by atoms with van der Waals surface area (Å²) in [5.74, 6) is 6.96. The highest BCUT2D eigenvalue weighted by Crippen LogP contribution is 2.33. The second kappa shape index (κ2) is 5.49. The SMILES string of the molecule is COc1cccc(C(NN)C2CCOC2C)c1. The van der Waals surface area contributed by atoms with Gasteiger partial charge in [-0.25, -0.2) is 0 Å². The van der Waals surface area contributed by atoms with Crippen molar-refractivity contribution in [1.29, 1.82) is 0 Å². The van der Waals surface area contributed by atoms with Crippen LogP contribution in [0.1, 0.15) is 24.9 Å². The van der Waals surface area contributed by atoms with Crippen LogP contribution in [0.3, 0.4) is 0 Å². The maximum atomic E-state index is 5.69. The molecule has 1 saturated heterocycles. The third kappa shape index (κ3) is 2.60. The Morgan fingerprint density at radius 2 is 2.35 bits per heavy atom. The molecule has 1 aliphatic heterocycles.